The molecule has 0 saturated carbocycles. The first-order valence-corrected chi connectivity index (χ1v) is 13.9. The van der Waals surface area contributed by atoms with Crippen molar-refractivity contribution in [3.8, 4) is 0 Å². The van der Waals surface area contributed by atoms with Gasteiger partial charge in [-0.1, -0.05) is 30.3 Å². The van der Waals surface area contributed by atoms with Crippen LogP contribution in [0.4, 0.5) is 0 Å². The second-order valence-corrected chi connectivity index (χ2v) is 9.87. The zero-order valence-electron chi connectivity index (χ0n) is 21.7. The third-order valence-corrected chi connectivity index (χ3v) is 6.40. The first-order chi connectivity index (χ1) is 18.1. The second kappa shape index (κ2) is 18.2. The number of unbranched alkanes of at least 4 members (excludes halogenated alkanes) is 1. The number of carbonyl (C=O) groups excluding carboxylic acids is 4. The molecule has 4 unspecified atom stereocenters. The molecule has 13 heteroatoms. The third kappa shape index (κ3) is 12.9. The van der Waals surface area contributed by atoms with Gasteiger partial charge in [0.05, 0.1) is 6.04 Å². The molecule has 0 bridgehead atoms. The Morgan fingerprint density at radius 1 is 0.868 bits per heavy atom. The van der Waals surface area contributed by atoms with Gasteiger partial charge in [0.15, 0.2) is 0 Å². The van der Waals surface area contributed by atoms with E-state index in [0.717, 1.165) is 5.56 Å². The molecule has 0 aliphatic rings. The van der Waals surface area contributed by atoms with Gasteiger partial charge in [-0.25, -0.2) is 4.79 Å². The number of benzene rings is 1. The maximum absolute atomic E-state index is 13.2. The predicted molar refractivity (Wildman–Crippen MR) is 146 cm³/mol. The lowest BCUT2D eigenvalue weighted by Crippen LogP contribution is -2.57. The number of thioether (sulfide) groups is 1. The minimum atomic E-state index is -1.35. The van der Waals surface area contributed by atoms with Crippen LogP contribution in [0.25, 0.3) is 0 Å². The van der Waals surface area contributed by atoms with E-state index in [9.17, 15) is 29.1 Å². The summed E-state index contributed by atoms with van der Waals surface area (Å²) >= 11 is 1.49. The van der Waals surface area contributed by atoms with Gasteiger partial charge in [0.2, 0.25) is 23.6 Å². The summed E-state index contributed by atoms with van der Waals surface area (Å²) in [5, 5.41) is 17.1. The van der Waals surface area contributed by atoms with E-state index in [0.29, 0.717) is 31.6 Å². The lowest BCUT2D eigenvalue weighted by atomic mass is 10.0. The Morgan fingerprint density at radius 2 is 1.45 bits per heavy atom. The Balaban J connectivity index is 2.94. The number of hydrogen-bond donors (Lipinski definition) is 7. The van der Waals surface area contributed by atoms with Crippen LogP contribution in [0.15, 0.2) is 30.3 Å². The average molecular weight is 553 g/mol. The summed E-state index contributed by atoms with van der Waals surface area (Å²) in [4.78, 5) is 61.6. The number of nitrogens with one attached hydrogen (secondary N) is 3. The minimum Gasteiger partial charge on any atom is -0.480 e. The zero-order chi connectivity index (χ0) is 28.5. The van der Waals surface area contributed by atoms with Gasteiger partial charge in [0, 0.05) is 6.42 Å². The van der Waals surface area contributed by atoms with Gasteiger partial charge < -0.3 is 38.3 Å². The molecule has 1 rings (SSSR count). The Bertz CT molecular complexity index is 919. The smallest absolute Gasteiger partial charge is 0.326 e. The van der Waals surface area contributed by atoms with Crippen LogP contribution in [0.1, 0.15) is 44.1 Å². The van der Waals surface area contributed by atoms with Gasteiger partial charge in [0.25, 0.3) is 0 Å². The summed E-state index contributed by atoms with van der Waals surface area (Å²) in [7, 11) is 0. The van der Waals surface area contributed by atoms with E-state index in [-0.39, 0.29) is 25.7 Å². The van der Waals surface area contributed by atoms with Crippen molar-refractivity contribution in [1.29, 1.82) is 0 Å². The molecular weight excluding hydrogens is 512 g/mol. The normalized spacial score (nSPS) is 14.0. The lowest BCUT2D eigenvalue weighted by Gasteiger charge is -2.25. The van der Waals surface area contributed by atoms with Crippen molar-refractivity contribution in [1.82, 2.24) is 16.0 Å². The molecule has 4 amide bonds. The number of primary amides is 1. The topological polar surface area (TPSA) is 220 Å². The van der Waals surface area contributed by atoms with Gasteiger partial charge in [-0.05, 0) is 62.6 Å². The lowest BCUT2D eigenvalue weighted by molar-refractivity contribution is -0.142. The number of hydrogen-bond acceptors (Lipinski definition) is 8. The highest BCUT2D eigenvalue weighted by molar-refractivity contribution is 7.98. The maximum Gasteiger partial charge on any atom is 0.326 e. The highest BCUT2D eigenvalue weighted by atomic mass is 32.2. The standard InChI is InChI=1S/C25H40N6O6S/c1-38-14-12-19(29-22(33)17(27)15-16-7-3-2-4-8-16)24(35)30-18(9-5-6-13-26)23(34)31-20(25(36)37)10-11-21(28)32/h2-4,7-8,17-20H,5-6,9-15,26-27H2,1H3,(H2,28,32)(H,29,33)(H,30,35)(H,31,34)(H,36,37). The van der Waals surface area contributed by atoms with Crippen molar-refractivity contribution in [3.05, 3.63) is 35.9 Å². The summed E-state index contributed by atoms with van der Waals surface area (Å²) < 4.78 is 0. The molecule has 4 atom stereocenters. The third-order valence-electron chi connectivity index (χ3n) is 5.75. The largest absolute Gasteiger partial charge is 0.480 e. The van der Waals surface area contributed by atoms with Crippen LogP contribution in [0, 0.1) is 0 Å². The van der Waals surface area contributed by atoms with Crippen molar-refractivity contribution in [2.75, 3.05) is 18.6 Å². The van der Waals surface area contributed by atoms with E-state index in [1.807, 2.05) is 36.6 Å². The molecule has 38 heavy (non-hydrogen) atoms. The number of amides is 4. The first-order valence-electron chi connectivity index (χ1n) is 12.5. The van der Waals surface area contributed by atoms with Gasteiger partial charge in [-0.15, -0.1) is 0 Å². The molecule has 1 aromatic rings. The first kappa shape index (κ1) is 32.9. The molecule has 10 N–H and O–H groups in total. The SMILES string of the molecule is CSCCC(NC(=O)C(N)Cc1ccccc1)C(=O)NC(CCCCN)C(=O)NC(CCC(N)=O)C(=O)O. The Labute approximate surface area is 227 Å². The molecule has 0 heterocycles. The molecule has 0 saturated heterocycles. The fraction of sp³-hybridized carbons (Fsp3) is 0.560. The zero-order valence-corrected chi connectivity index (χ0v) is 22.5. The van der Waals surface area contributed by atoms with Gasteiger partial charge in [-0.3, -0.25) is 19.2 Å². The van der Waals surface area contributed by atoms with E-state index in [1.165, 1.54) is 11.8 Å². The Morgan fingerprint density at radius 3 is 2.00 bits per heavy atom. The molecule has 0 spiro atoms. The molecule has 0 fully saturated rings. The van der Waals surface area contributed by atoms with Crippen molar-refractivity contribution in [2.45, 2.75) is 69.1 Å². The van der Waals surface area contributed by atoms with Gasteiger partial charge in [-0.2, -0.15) is 11.8 Å². The summed E-state index contributed by atoms with van der Waals surface area (Å²) in [6, 6.07) is 4.98. The highest BCUT2D eigenvalue weighted by Crippen LogP contribution is 2.08. The summed E-state index contributed by atoms with van der Waals surface area (Å²) in [6.07, 6.45) is 3.31. The van der Waals surface area contributed by atoms with E-state index in [4.69, 9.17) is 17.2 Å². The highest BCUT2D eigenvalue weighted by Gasteiger charge is 2.30. The number of nitrogens with two attached hydrogens (primary N) is 3. The number of rotatable bonds is 19. The number of aliphatic carboxylic acids is 1. The van der Waals surface area contributed by atoms with Crippen molar-refractivity contribution < 1.29 is 29.1 Å². The van der Waals surface area contributed by atoms with Crippen LogP contribution in [0.5, 0.6) is 0 Å². The molecule has 0 aliphatic carbocycles. The quantitative estimate of drug-likeness (QED) is 0.107. The summed E-state index contributed by atoms with van der Waals surface area (Å²) in [5.41, 5.74) is 17.6. The van der Waals surface area contributed by atoms with Crippen LogP contribution in [0.3, 0.4) is 0 Å². The number of carboxylic acid groups (broad SMARTS) is 1. The van der Waals surface area contributed by atoms with Crippen LogP contribution in [-0.2, 0) is 30.4 Å². The fourth-order valence-electron chi connectivity index (χ4n) is 3.59. The molecular formula is C25H40N6O6S. The van der Waals surface area contributed by atoms with Crippen molar-refractivity contribution in [2.24, 2.45) is 17.2 Å². The molecule has 212 valence electrons. The molecule has 0 aliphatic heterocycles. The van der Waals surface area contributed by atoms with Crippen LogP contribution < -0.4 is 33.2 Å². The van der Waals surface area contributed by atoms with Crippen molar-refractivity contribution in [3.63, 3.8) is 0 Å². The fourth-order valence-corrected chi connectivity index (χ4v) is 4.07. The maximum atomic E-state index is 13.2. The summed E-state index contributed by atoms with van der Waals surface area (Å²) in [5.74, 6) is -3.28. The van der Waals surface area contributed by atoms with E-state index < -0.39 is 53.8 Å². The van der Waals surface area contributed by atoms with Crippen molar-refractivity contribution >= 4 is 41.4 Å². The van der Waals surface area contributed by atoms with E-state index in [1.54, 1.807) is 0 Å². The summed E-state index contributed by atoms with van der Waals surface area (Å²) in [6.45, 7) is 0.379. The van der Waals surface area contributed by atoms with Crippen LogP contribution in [-0.4, -0.2) is 77.4 Å². The Kier molecular flexibility index (Phi) is 15.7. The van der Waals surface area contributed by atoms with E-state index in [2.05, 4.69) is 16.0 Å². The molecule has 0 radical (unpaired) electrons. The number of carbonyl (C=O) groups is 5. The van der Waals surface area contributed by atoms with Gasteiger partial charge in [0.1, 0.15) is 18.1 Å². The van der Waals surface area contributed by atoms with Crippen LogP contribution in [0.2, 0.25) is 0 Å². The van der Waals surface area contributed by atoms with Gasteiger partial charge >= 0.3 is 5.97 Å². The number of carboxylic acids is 1. The van der Waals surface area contributed by atoms with Crippen LogP contribution >= 0.6 is 11.8 Å². The van der Waals surface area contributed by atoms with E-state index >= 15 is 0 Å². The minimum absolute atomic E-state index is 0.189. The second-order valence-electron chi connectivity index (χ2n) is 8.89. The molecule has 12 nitrogen and oxygen atoms in total. The monoisotopic (exact) mass is 552 g/mol. The molecule has 1 aromatic carbocycles. The Hall–Kier alpha value is -3.16. The molecule has 0 aromatic heterocycles. The average Bonchev–Trinajstić information content (AvgIpc) is 2.88. The predicted octanol–water partition coefficient (Wildman–Crippen LogP) is -0.757.